The molecule has 1 heterocycles. The van der Waals surface area contributed by atoms with Crippen molar-refractivity contribution in [2.75, 3.05) is 12.3 Å². The van der Waals surface area contributed by atoms with Gasteiger partial charge in [0.1, 0.15) is 5.37 Å². The Morgan fingerprint density at radius 1 is 0.926 bits per heavy atom. The number of hydrogen-bond acceptors (Lipinski definition) is 2. The summed E-state index contributed by atoms with van der Waals surface area (Å²) in [6, 6.07) is 27.9. The van der Waals surface area contributed by atoms with Crippen molar-refractivity contribution in [1.29, 1.82) is 0 Å². The lowest BCUT2D eigenvalue weighted by molar-refractivity contribution is -0.132. The first-order valence-corrected chi connectivity index (χ1v) is 10.4. The van der Waals surface area contributed by atoms with Gasteiger partial charge in [-0.2, -0.15) is 0 Å². The molecule has 0 unspecified atom stereocenters. The zero-order valence-corrected chi connectivity index (χ0v) is 16.4. The lowest BCUT2D eigenvalue weighted by Gasteiger charge is -2.29. The molecule has 0 N–H and O–H groups in total. The second-order valence-corrected chi connectivity index (χ2v) is 8.19. The standard InChI is InChI=1S/C23H20ClNOS/c24-20-13-7-12-19(16-20)23-25(14-15-27-23)22(26)21(17-8-3-1-4-9-17)18-10-5-2-6-11-18/h1-13,16,21,23H,14-15H2/t23-/m1/s1. The molecule has 0 radical (unpaired) electrons. The molecule has 136 valence electrons. The minimum absolute atomic E-state index is 0.00567. The summed E-state index contributed by atoms with van der Waals surface area (Å²) < 4.78 is 0. The van der Waals surface area contributed by atoms with Gasteiger partial charge in [-0.05, 0) is 28.8 Å². The van der Waals surface area contributed by atoms with Gasteiger partial charge >= 0.3 is 0 Å². The molecule has 0 spiro atoms. The highest BCUT2D eigenvalue weighted by molar-refractivity contribution is 7.99. The molecule has 0 aliphatic carbocycles. The third kappa shape index (κ3) is 3.90. The number of benzene rings is 3. The number of halogens is 1. The van der Waals surface area contributed by atoms with E-state index in [0.717, 1.165) is 29.0 Å². The summed E-state index contributed by atoms with van der Waals surface area (Å²) in [7, 11) is 0. The van der Waals surface area contributed by atoms with Gasteiger partial charge in [0, 0.05) is 17.3 Å². The van der Waals surface area contributed by atoms with E-state index in [-0.39, 0.29) is 17.2 Å². The number of hydrogen-bond donors (Lipinski definition) is 0. The minimum Gasteiger partial charge on any atom is -0.325 e. The summed E-state index contributed by atoms with van der Waals surface area (Å²) in [5, 5.41) is 0.709. The first-order chi connectivity index (χ1) is 13.2. The van der Waals surface area contributed by atoms with Crippen LogP contribution in [0, 0.1) is 0 Å². The van der Waals surface area contributed by atoms with Crippen LogP contribution in [0.4, 0.5) is 0 Å². The van der Waals surface area contributed by atoms with Gasteiger partial charge in [-0.1, -0.05) is 84.4 Å². The Labute approximate surface area is 169 Å². The molecule has 4 heteroatoms. The molecule has 0 aromatic heterocycles. The van der Waals surface area contributed by atoms with Crippen molar-refractivity contribution in [2.24, 2.45) is 0 Å². The van der Waals surface area contributed by atoms with E-state index in [2.05, 4.69) is 6.07 Å². The summed E-state index contributed by atoms with van der Waals surface area (Å²) in [6.45, 7) is 0.747. The first kappa shape index (κ1) is 18.1. The largest absolute Gasteiger partial charge is 0.325 e. The maximum Gasteiger partial charge on any atom is 0.235 e. The van der Waals surface area contributed by atoms with E-state index in [1.165, 1.54) is 0 Å². The summed E-state index contributed by atoms with van der Waals surface area (Å²) in [4.78, 5) is 15.7. The van der Waals surface area contributed by atoms with E-state index in [1.54, 1.807) is 11.8 Å². The summed E-state index contributed by atoms with van der Waals surface area (Å²) in [6.07, 6.45) is 0. The van der Waals surface area contributed by atoms with E-state index < -0.39 is 0 Å². The highest BCUT2D eigenvalue weighted by Gasteiger charge is 2.35. The highest BCUT2D eigenvalue weighted by atomic mass is 35.5. The number of thioether (sulfide) groups is 1. The molecule has 27 heavy (non-hydrogen) atoms. The van der Waals surface area contributed by atoms with Crippen molar-refractivity contribution in [3.8, 4) is 0 Å². The van der Waals surface area contributed by atoms with Crippen LogP contribution in [0.2, 0.25) is 5.02 Å². The van der Waals surface area contributed by atoms with Gasteiger partial charge in [-0.15, -0.1) is 11.8 Å². The quantitative estimate of drug-likeness (QED) is 0.562. The molecular weight excluding hydrogens is 374 g/mol. The Morgan fingerprint density at radius 2 is 1.56 bits per heavy atom. The van der Waals surface area contributed by atoms with E-state index in [1.807, 2.05) is 83.8 Å². The number of rotatable bonds is 4. The van der Waals surface area contributed by atoms with Crippen LogP contribution < -0.4 is 0 Å². The van der Waals surface area contributed by atoms with Gasteiger partial charge < -0.3 is 4.90 Å². The van der Waals surface area contributed by atoms with Crippen LogP contribution in [-0.2, 0) is 4.79 Å². The Balaban J connectivity index is 1.71. The average molecular weight is 394 g/mol. The molecule has 1 aliphatic heterocycles. The van der Waals surface area contributed by atoms with Crippen molar-refractivity contribution in [3.05, 3.63) is 107 Å². The van der Waals surface area contributed by atoms with Gasteiger partial charge in [0.25, 0.3) is 0 Å². The van der Waals surface area contributed by atoms with Gasteiger partial charge in [-0.25, -0.2) is 0 Å². The van der Waals surface area contributed by atoms with Crippen LogP contribution >= 0.6 is 23.4 Å². The summed E-state index contributed by atoms with van der Waals surface area (Å²) in [5.41, 5.74) is 3.13. The molecule has 2 nitrogen and oxygen atoms in total. The maximum atomic E-state index is 13.7. The van der Waals surface area contributed by atoms with Gasteiger partial charge in [0.2, 0.25) is 5.91 Å². The Morgan fingerprint density at radius 3 is 2.15 bits per heavy atom. The van der Waals surface area contributed by atoms with E-state index in [0.29, 0.717) is 5.02 Å². The molecule has 4 rings (SSSR count). The Bertz CT molecular complexity index is 876. The average Bonchev–Trinajstić information content (AvgIpc) is 3.20. The Hall–Kier alpha value is -2.23. The number of nitrogens with zero attached hydrogens (tertiary/aromatic N) is 1. The number of carbonyl (C=O) groups is 1. The maximum absolute atomic E-state index is 13.7. The molecule has 0 bridgehead atoms. The van der Waals surface area contributed by atoms with Crippen molar-refractivity contribution in [2.45, 2.75) is 11.3 Å². The fourth-order valence-corrected chi connectivity index (χ4v) is 5.02. The predicted octanol–water partition coefficient (Wildman–Crippen LogP) is 5.75. The van der Waals surface area contributed by atoms with Gasteiger partial charge in [0.05, 0.1) is 5.92 Å². The smallest absolute Gasteiger partial charge is 0.235 e. The number of carbonyl (C=O) groups excluding carboxylic acids is 1. The molecule has 1 aliphatic rings. The second-order valence-electron chi connectivity index (χ2n) is 6.56. The fraction of sp³-hybridized carbons (Fsp3) is 0.174. The summed E-state index contributed by atoms with van der Waals surface area (Å²) >= 11 is 7.99. The normalized spacial score (nSPS) is 16.7. The molecule has 1 atom stereocenters. The first-order valence-electron chi connectivity index (χ1n) is 9.01. The zero-order chi connectivity index (χ0) is 18.6. The van der Waals surface area contributed by atoms with Crippen LogP contribution in [0.3, 0.4) is 0 Å². The zero-order valence-electron chi connectivity index (χ0n) is 14.8. The lowest BCUT2D eigenvalue weighted by Crippen LogP contribution is -2.35. The summed E-state index contributed by atoms with van der Waals surface area (Å²) in [5.74, 6) is 0.773. The Kier molecular flexibility index (Phi) is 5.51. The van der Waals surface area contributed by atoms with E-state index >= 15 is 0 Å². The van der Waals surface area contributed by atoms with Crippen molar-refractivity contribution in [1.82, 2.24) is 4.90 Å². The fourth-order valence-electron chi connectivity index (χ4n) is 3.57. The van der Waals surface area contributed by atoms with Gasteiger partial charge in [0.15, 0.2) is 0 Å². The second kappa shape index (κ2) is 8.20. The van der Waals surface area contributed by atoms with Crippen LogP contribution in [0.25, 0.3) is 0 Å². The molecule has 3 aromatic rings. The molecule has 1 amide bonds. The van der Waals surface area contributed by atoms with Crippen LogP contribution in [0.15, 0.2) is 84.9 Å². The molecule has 3 aromatic carbocycles. The molecule has 0 saturated carbocycles. The number of amides is 1. The van der Waals surface area contributed by atoms with Crippen LogP contribution in [0.5, 0.6) is 0 Å². The van der Waals surface area contributed by atoms with E-state index in [4.69, 9.17) is 11.6 Å². The van der Waals surface area contributed by atoms with Crippen LogP contribution in [-0.4, -0.2) is 23.1 Å². The van der Waals surface area contributed by atoms with Crippen molar-refractivity contribution >= 4 is 29.3 Å². The predicted molar refractivity (Wildman–Crippen MR) is 113 cm³/mol. The SMILES string of the molecule is O=C(C(c1ccccc1)c1ccccc1)N1CCS[C@@H]1c1cccc(Cl)c1. The third-order valence-electron chi connectivity index (χ3n) is 4.82. The topological polar surface area (TPSA) is 20.3 Å². The van der Waals surface area contributed by atoms with Crippen LogP contribution in [0.1, 0.15) is 28.0 Å². The lowest BCUT2D eigenvalue weighted by atomic mass is 9.90. The minimum atomic E-state index is -0.298. The van der Waals surface area contributed by atoms with Crippen molar-refractivity contribution in [3.63, 3.8) is 0 Å². The van der Waals surface area contributed by atoms with E-state index in [9.17, 15) is 4.79 Å². The monoisotopic (exact) mass is 393 g/mol. The molecule has 1 fully saturated rings. The van der Waals surface area contributed by atoms with Crippen molar-refractivity contribution < 1.29 is 4.79 Å². The molecule has 1 saturated heterocycles. The highest BCUT2D eigenvalue weighted by Crippen LogP contribution is 2.41. The van der Waals surface area contributed by atoms with Gasteiger partial charge in [-0.3, -0.25) is 4.79 Å². The molecular formula is C23H20ClNOS. The third-order valence-corrected chi connectivity index (χ3v) is 6.32.